The second-order valence-electron chi connectivity index (χ2n) is 8.71. The first-order chi connectivity index (χ1) is 16.9. The van der Waals surface area contributed by atoms with E-state index in [1.54, 1.807) is 4.90 Å². The molecule has 2 amide bonds. The van der Waals surface area contributed by atoms with Crippen LogP contribution in [0.3, 0.4) is 0 Å². The van der Waals surface area contributed by atoms with Gasteiger partial charge in [0.2, 0.25) is 11.8 Å². The van der Waals surface area contributed by atoms with Gasteiger partial charge < -0.3 is 19.7 Å². The highest BCUT2D eigenvalue weighted by molar-refractivity contribution is 5.88. The number of rotatable bonds is 15. The highest BCUT2D eigenvalue weighted by Crippen LogP contribution is 2.29. The van der Waals surface area contributed by atoms with Gasteiger partial charge in [-0.1, -0.05) is 50.2 Å². The van der Waals surface area contributed by atoms with Crippen molar-refractivity contribution in [3.8, 4) is 11.5 Å². The number of nitrogens with zero attached hydrogens (tertiary/aromatic N) is 1. The first-order valence-corrected chi connectivity index (χ1v) is 13.0. The molecule has 0 spiro atoms. The van der Waals surface area contributed by atoms with Crippen LogP contribution < -0.4 is 14.8 Å². The Morgan fingerprint density at radius 3 is 2.17 bits per heavy atom. The van der Waals surface area contributed by atoms with Gasteiger partial charge in [-0.2, -0.15) is 0 Å². The van der Waals surface area contributed by atoms with Gasteiger partial charge in [0.05, 0.1) is 13.2 Å². The van der Waals surface area contributed by atoms with Crippen LogP contribution in [-0.4, -0.2) is 48.6 Å². The van der Waals surface area contributed by atoms with Crippen molar-refractivity contribution in [2.45, 2.75) is 78.8 Å². The lowest BCUT2D eigenvalue weighted by Crippen LogP contribution is -2.51. The number of aryl methyl sites for hydroxylation is 1. The van der Waals surface area contributed by atoms with Gasteiger partial charge in [0.15, 0.2) is 11.5 Å². The molecular formula is C29H42N2O4. The molecule has 0 saturated carbocycles. The molecule has 0 bridgehead atoms. The van der Waals surface area contributed by atoms with Crippen molar-refractivity contribution < 1.29 is 19.1 Å². The van der Waals surface area contributed by atoms with Crippen molar-refractivity contribution in [3.05, 3.63) is 59.7 Å². The third-order valence-electron chi connectivity index (χ3n) is 6.11. The standard InChI is InChI=1S/C29H42N2O4/c1-6-22(5)30-29(33)25(7-2)31(20-19-23-13-11-10-12-14-23)28(32)18-16-24-15-17-26(34-8-3)27(21-24)35-9-4/h10-15,17,21-22,25H,6-9,16,18-20H2,1-5H3,(H,30,33)/t22-,25+/m1/s1. The van der Waals surface area contributed by atoms with Crippen molar-refractivity contribution in [1.82, 2.24) is 10.2 Å². The average Bonchev–Trinajstić information content (AvgIpc) is 2.87. The number of hydrogen-bond acceptors (Lipinski definition) is 4. The summed E-state index contributed by atoms with van der Waals surface area (Å²) in [6.07, 6.45) is 3.01. The fourth-order valence-corrected chi connectivity index (χ4v) is 3.98. The fourth-order valence-electron chi connectivity index (χ4n) is 3.98. The van der Waals surface area contributed by atoms with Gasteiger partial charge in [-0.05, 0) is 69.7 Å². The number of ether oxygens (including phenoxy) is 2. The Labute approximate surface area is 211 Å². The highest BCUT2D eigenvalue weighted by Gasteiger charge is 2.28. The summed E-state index contributed by atoms with van der Waals surface area (Å²) in [5.74, 6) is 1.31. The fraction of sp³-hybridized carbons (Fsp3) is 0.517. The zero-order chi connectivity index (χ0) is 25.6. The third-order valence-corrected chi connectivity index (χ3v) is 6.11. The largest absolute Gasteiger partial charge is 0.490 e. The third kappa shape index (κ3) is 8.93. The molecule has 35 heavy (non-hydrogen) atoms. The van der Waals surface area contributed by atoms with Crippen LogP contribution in [0.5, 0.6) is 11.5 Å². The van der Waals surface area contributed by atoms with Gasteiger partial charge in [0.1, 0.15) is 6.04 Å². The molecule has 192 valence electrons. The number of carbonyl (C=O) groups is 2. The number of hydrogen-bond donors (Lipinski definition) is 1. The van der Waals surface area contributed by atoms with Crippen molar-refractivity contribution in [2.75, 3.05) is 19.8 Å². The summed E-state index contributed by atoms with van der Waals surface area (Å²) in [7, 11) is 0. The molecular weight excluding hydrogens is 440 g/mol. The van der Waals surface area contributed by atoms with Gasteiger partial charge in [-0.3, -0.25) is 9.59 Å². The van der Waals surface area contributed by atoms with E-state index in [9.17, 15) is 9.59 Å². The van der Waals surface area contributed by atoms with E-state index in [2.05, 4.69) is 17.4 Å². The maximum atomic E-state index is 13.5. The van der Waals surface area contributed by atoms with Gasteiger partial charge in [-0.25, -0.2) is 0 Å². The molecule has 2 aromatic rings. The van der Waals surface area contributed by atoms with E-state index in [0.717, 1.165) is 17.5 Å². The molecule has 2 aromatic carbocycles. The second kappa shape index (κ2) is 15.1. The minimum absolute atomic E-state index is 0.0149. The van der Waals surface area contributed by atoms with Crippen LogP contribution in [0.25, 0.3) is 0 Å². The van der Waals surface area contributed by atoms with E-state index >= 15 is 0 Å². The molecule has 1 N–H and O–H groups in total. The van der Waals surface area contributed by atoms with Crippen molar-refractivity contribution in [2.24, 2.45) is 0 Å². The Kier molecular flexibility index (Phi) is 12.2. The molecule has 2 rings (SSSR count). The van der Waals surface area contributed by atoms with Crippen molar-refractivity contribution in [1.29, 1.82) is 0 Å². The summed E-state index contributed by atoms with van der Waals surface area (Å²) < 4.78 is 11.4. The monoisotopic (exact) mass is 482 g/mol. The molecule has 2 atom stereocenters. The van der Waals surface area contributed by atoms with Crippen molar-refractivity contribution >= 4 is 11.8 Å². The predicted octanol–water partition coefficient (Wildman–Crippen LogP) is 5.18. The molecule has 0 fully saturated rings. The molecule has 6 nitrogen and oxygen atoms in total. The van der Waals surface area contributed by atoms with Gasteiger partial charge in [0.25, 0.3) is 0 Å². The van der Waals surface area contributed by atoms with E-state index in [1.807, 2.05) is 71.0 Å². The van der Waals surface area contributed by atoms with Crippen LogP contribution in [0, 0.1) is 0 Å². The molecule has 0 aliphatic rings. The molecule has 0 aliphatic carbocycles. The van der Waals surface area contributed by atoms with Crippen LogP contribution in [0.4, 0.5) is 0 Å². The number of carbonyl (C=O) groups excluding carboxylic acids is 2. The molecule has 0 aromatic heterocycles. The summed E-state index contributed by atoms with van der Waals surface area (Å²) in [6, 6.07) is 15.5. The Bertz CT molecular complexity index is 916. The van der Waals surface area contributed by atoms with E-state index in [0.29, 0.717) is 56.9 Å². The van der Waals surface area contributed by atoms with Crippen LogP contribution >= 0.6 is 0 Å². The average molecular weight is 483 g/mol. The summed E-state index contributed by atoms with van der Waals surface area (Å²) in [6.45, 7) is 11.5. The second-order valence-corrected chi connectivity index (χ2v) is 8.71. The maximum Gasteiger partial charge on any atom is 0.243 e. The molecule has 0 heterocycles. The Hall–Kier alpha value is -3.02. The molecule has 0 saturated heterocycles. The first-order valence-electron chi connectivity index (χ1n) is 13.0. The molecule has 0 unspecified atom stereocenters. The van der Waals surface area contributed by atoms with Crippen LogP contribution in [-0.2, 0) is 22.4 Å². The zero-order valence-electron chi connectivity index (χ0n) is 22.0. The number of amides is 2. The van der Waals surface area contributed by atoms with E-state index in [1.165, 1.54) is 0 Å². The predicted molar refractivity (Wildman–Crippen MR) is 141 cm³/mol. The molecule has 0 radical (unpaired) electrons. The zero-order valence-corrected chi connectivity index (χ0v) is 22.0. The summed E-state index contributed by atoms with van der Waals surface area (Å²) in [4.78, 5) is 28.3. The maximum absolute atomic E-state index is 13.5. The molecule has 0 aliphatic heterocycles. The Morgan fingerprint density at radius 2 is 1.54 bits per heavy atom. The van der Waals surface area contributed by atoms with Crippen LogP contribution in [0.1, 0.15) is 65.0 Å². The topological polar surface area (TPSA) is 67.9 Å². The highest BCUT2D eigenvalue weighted by atomic mass is 16.5. The Morgan fingerprint density at radius 1 is 0.857 bits per heavy atom. The smallest absolute Gasteiger partial charge is 0.243 e. The van der Waals surface area contributed by atoms with Gasteiger partial charge in [0, 0.05) is 19.0 Å². The normalized spacial score (nSPS) is 12.5. The lowest BCUT2D eigenvalue weighted by atomic mass is 10.0. The lowest BCUT2D eigenvalue weighted by Gasteiger charge is -2.31. The lowest BCUT2D eigenvalue weighted by molar-refractivity contribution is -0.141. The summed E-state index contributed by atoms with van der Waals surface area (Å²) in [5, 5.41) is 3.06. The van der Waals surface area contributed by atoms with E-state index in [-0.39, 0.29) is 17.9 Å². The van der Waals surface area contributed by atoms with Gasteiger partial charge >= 0.3 is 0 Å². The minimum atomic E-state index is -0.487. The number of benzene rings is 2. The number of nitrogens with one attached hydrogen (secondary N) is 1. The van der Waals surface area contributed by atoms with Gasteiger partial charge in [-0.15, -0.1) is 0 Å². The van der Waals surface area contributed by atoms with E-state index in [4.69, 9.17) is 9.47 Å². The van der Waals surface area contributed by atoms with Crippen molar-refractivity contribution in [3.63, 3.8) is 0 Å². The molecule has 6 heteroatoms. The van der Waals surface area contributed by atoms with E-state index < -0.39 is 6.04 Å². The minimum Gasteiger partial charge on any atom is -0.490 e. The van der Waals surface area contributed by atoms with Crippen LogP contribution in [0.2, 0.25) is 0 Å². The first kappa shape index (κ1) is 28.2. The van der Waals surface area contributed by atoms with Crippen LogP contribution in [0.15, 0.2) is 48.5 Å². The quantitative estimate of drug-likeness (QED) is 0.380. The summed E-state index contributed by atoms with van der Waals surface area (Å²) >= 11 is 0. The SMILES string of the molecule is CCOc1ccc(CCC(=O)N(CCc2ccccc2)[C@@H](CC)C(=O)N[C@H](C)CC)cc1OCC. The Balaban J connectivity index is 2.17. The summed E-state index contributed by atoms with van der Waals surface area (Å²) in [5.41, 5.74) is 2.15.